The summed E-state index contributed by atoms with van der Waals surface area (Å²) < 4.78 is 5.15. The molecule has 0 aliphatic heterocycles. The second kappa shape index (κ2) is 13.5. The lowest BCUT2D eigenvalue weighted by atomic mass is 9.99. The van der Waals surface area contributed by atoms with E-state index in [1.165, 1.54) is 0 Å². The van der Waals surface area contributed by atoms with Crippen LogP contribution in [0.15, 0.2) is 43.0 Å². The summed E-state index contributed by atoms with van der Waals surface area (Å²) in [6.45, 7) is 9.25. The molecule has 0 amide bonds. The number of hydrogen-bond donors (Lipinski definition) is 3. The number of benzene rings is 1. The summed E-state index contributed by atoms with van der Waals surface area (Å²) in [5.41, 5.74) is 0.626. The standard InChI is InChI=1S/C12H16O2.C3H4O2.C2H6O2/c1-12(2,3)9-14-11(13)10-7-5-4-6-8-10;1-2-3(4)5;3-1-2-4/h4-8H,9H2,1-3H3;2H,1H2,(H,4,5);3-4H,1-2H2. The minimum atomic E-state index is -0.981. The second-order valence-corrected chi connectivity index (χ2v) is 5.49. The molecule has 0 unspecified atom stereocenters. The number of rotatable bonds is 4. The van der Waals surface area contributed by atoms with Crippen molar-refractivity contribution in [2.75, 3.05) is 19.8 Å². The van der Waals surface area contributed by atoms with Crippen LogP contribution in [0.2, 0.25) is 0 Å². The first kappa shape index (κ1) is 23.1. The van der Waals surface area contributed by atoms with E-state index in [2.05, 4.69) is 6.58 Å². The summed E-state index contributed by atoms with van der Waals surface area (Å²) in [5.74, 6) is -1.23. The minimum absolute atomic E-state index is 0.0183. The number of aliphatic hydroxyl groups is 2. The number of carboxylic acids is 1. The molecule has 1 rings (SSSR count). The molecule has 23 heavy (non-hydrogen) atoms. The van der Waals surface area contributed by atoms with E-state index in [1.807, 2.05) is 39.0 Å². The van der Waals surface area contributed by atoms with E-state index in [4.69, 9.17) is 20.1 Å². The van der Waals surface area contributed by atoms with E-state index in [-0.39, 0.29) is 24.6 Å². The van der Waals surface area contributed by atoms with Gasteiger partial charge >= 0.3 is 11.9 Å². The van der Waals surface area contributed by atoms with Gasteiger partial charge in [0.15, 0.2) is 0 Å². The zero-order valence-corrected chi connectivity index (χ0v) is 13.9. The van der Waals surface area contributed by atoms with Gasteiger partial charge in [-0.05, 0) is 17.5 Å². The zero-order valence-electron chi connectivity index (χ0n) is 13.9. The van der Waals surface area contributed by atoms with E-state index >= 15 is 0 Å². The third kappa shape index (κ3) is 17.8. The average Bonchev–Trinajstić information content (AvgIpc) is 2.53. The van der Waals surface area contributed by atoms with Gasteiger partial charge in [0.25, 0.3) is 0 Å². The van der Waals surface area contributed by atoms with E-state index in [0.717, 1.165) is 6.08 Å². The summed E-state index contributed by atoms with van der Waals surface area (Å²) in [6.07, 6.45) is 0.833. The van der Waals surface area contributed by atoms with Gasteiger partial charge in [0.1, 0.15) is 0 Å². The molecule has 1 aromatic carbocycles. The first-order valence-electron chi connectivity index (χ1n) is 6.97. The highest BCUT2D eigenvalue weighted by atomic mass is 16.5. The second-order valence-electron chi connectivity index (χ2n) is 5.49. The van der Waals surface area contributed by atoms with Crippen LogP contribution in [0.25, 0.3) is 0 Å². The molecule has 0 spiro atoms. The highest BCUT2D eigenvalue weighted by Crippen LogP contribution is 2.14. The van der Waals surface area contributed by atoms with Gasteiger partial charge in [-0.15, -0.1) is 0 Å². The predicted octanol–water partition coefficient (Wildman–Crippen LogP) is 2.12. The van der Waals surface area contributed by atoms with Crippen molar-refractivity contribution in [3.05, 3.63) is 48.6 Å². The number of carbonyl (C=O) groups is 2. The van der Waals surface area contributed by atoms with Gasteiger partial charge in [0.2, 0.25) is 0 Å². The van der Waals surface area contributed by atoms with Crippen LogP contribution in [0, 0.1) is 5.41 Å². The van der Waals surface area contributed by atoms with Crippen LogP contribution in [0.5, 0.6) is 0 Å². The fourth-order valence-corrected chi connectivity index (χ4v) is 0.940. The average molecular weight is 326 g/mol. The Morgan fingerprint density at radius 1 is 1.13 bits per heavy atom. The molecule has 0 aromatic heterocycles. The number of ether oxygens (including phenoxy) is 1. The maximum Gasteiger partial charge on any atom is 0.338 e. The van der Waals surface area contributed by atoms with Crippen molar-refractivity contribution in [2.45, 2.75) is 20.8 Å². The number of carbonyl (C=O) groups excluding carboxylic acids is 1. The molecule has 0 saturated heterocycles. The van der Waals surface area contributed by atoms with Crippen molar-refractivity contribution in [1.29, 1.82) is 0 Å². The molecule has 0 aliphatic carbocycles. The van der Waals surface area contributed by atoms with Crippen LogP contribution >= 0.6 is 0 Å². The Hall–Kier alpha value is -2.18. The third-order valence-corrected chi connectivity index (χ3v) is 1.92. The molecule has 3 N–H and O–H groups in total. The zero-order chi connectivity index (χ0) is 18.3. The molecular formula is C17H26O6. The molecule has 0 radical (unpaired) electrons. The number of esters is 1. The topological polar surface area (TPSA) is 104 Å². The van der Waals surface area contributed by atoms with E-state index in [1.54, 1.807) is 12.1 Å². The Labute approximate surface area is 137 Å². The first-order valence-corrected chi connectivity index (χ1v) is 6.97. The molecule has 0 heterocycles. The first-order chi connectivity index (χ1) is 10.7. The van der Waals surface area contributed by atoms with Crippen LogP contribution in [0.1, 0.15) is 31.1 Å². The smallest absolute Gasteiger partial charge is 0.338 e. The Morgan fingerprint density at radius 3 is 1.87 bits per heavy atom. The largest absolute Gasteiger partial charge is 0.478 e. The Bertz CT molecular complexity index is 446. The quantitative estimate of drug-likeness (QED) is 0.578. The lowest BCUT2D eigenvalue weighted by molar-refractivity contribution is -0.131. The molecule has 0 aliphatic rings. The van der Waals surface area contributed by atoms with Crippen LogP contribution in [0.3, 0.4) is 0 Å². The van der Waals surface area contributed by atoms with Gasteiger partial charge in [-0.2, -0.15) is 0 Å². The van der Waals surface area contributed by atoms with Crippen molar-refractivity contribution < 1.29 is 29.6 Å². The molecular weight excluding hydrogens is 300 g/mol. The van der Waals surface area contributed by atoms with Gasteiger partial charge in [-0.1, -0.05) is 45.5 Å². The van der Waals surface area contributed by atoms with Gasteiger partial charge in [-0.25, -0.2) is 9.59 Å². The molecule has 1 aromatic rings. The summed E-state index contributed by atoms with van der Waals surface area (Å²) in [7, 11) is 0. The lowest BCUT2D eigenvalue weighted by Crippen LogP contribution is -2.18. The van der Waals surface area contributed by atoms with Gasteiger partial charge in [-0.3, -0.25) is 0 Å². The third-order valence-electron chi connectivity index (χ3n) is 1.92. The Morgan fingerprint density at radius 2 is 1.57 bits per heavy atom. The molecule has 0 fully saturated rings. The Balaban J connectivity index is 0. The molecule has 130 valence electrons. The fraction of sp³-hybridized carbons (Fsp3) is 0.412. The van der Waals surface area contributed by atoms with Crippen molar-refractivity contribution in [1.82, 2.24) is 0 Å². The molecule has 0 saturated carbocycles. The number of aliphatic carboxylic acids is 1. The van der Waals surface area contributed by atoms with Crippen molar-refractivity contribution in [2.24, 2.45) is 5.41 Å². The predicted molar refractivity (Wildman–Crippen MR) is 88.2 cm³/mol. The highest BCUT2D eigenvalue weighted by molar-refractivity contribution is 5.89. The van der Waals surface area contributed by atoms with Gasteiger partial charge < -0.3 is 20.1 Å². The summed E-state index contributed by atoms with van der Waals surface area (Å²) in [5, 5.41) is 22.9. The summed E-state index contributed by atoms with van der Waals surface area (Å²) in [4.78, 5) is 20.7. The maximum absolute atomic E-state index is 11.5. The van der Waals surface area contributed by atoms with Crippen molar-refractivity contribution >= 4 is 11.9 Å². The summed E-state index contributed by atoms with van der Waals surface area (Å²) >= 11 is 0. The van der Waals surface area contributed by atoms with Gasteiger partial charge in [0.05, 0.1) is 25.4 Å². The fourth-order valence-electron chi connectivity index (χ4n) is 0.940. The van der Waals surface area contributed by atoms with Crippen LogP contribution < -0.4 is 0 Å². The van der Waals surface area contributed by atoms with Crippen LogP contribution in [-0.2, 0) is 9.53 Å². The van der Waals surface area contributed by atoms with Crippen molar-refractivity contribution in [3.63, 3.8) is 0 Å². The normalized spacial score (nSPS) is 9.43. The SMILES string of the molecule is C=CC(=O)O.CC(C)(C)COC(=O)c1ccccc1.OCCO. The van der Waals surface area contributed by atoms with Crippen LogP contribution in [0.4, 0.5) is 0 Å². The maximum atomic E-state index is 11.5. The molecule has 0 atom stereocenters. The van der Waals surface area contributed by atoms with E-state index in [9.17, 15) is 9.59 Å². The molecule has 0 bridgehead atoms. The van der Waals surface area contributed by atoms with Gasteiger partial charge in [0, 0.05) is 6.08 Å². The Kier molecular flexibility index (Phi) is 13.5. The minimum Gasteiger partial charge on any atom is -0.478 e. The molecule has 6 nitrogen and oxygen atoms in total. The van der Waals surface area contributed by atoms with Crippen molar-refractivity contribution in [3.8, 4) is 0 Å². The highest BCUT2D eigenvalue weighted by Gasteiger charge is 2.14. The number of aliphatic hydroxyl groups excluding tert-OH is 2. The summed E-state index contributed by atoms with van der Waals surface area (Å²) in [6, 6.07) is 9.04. The number of carboxylic acid groups (broad SMARTS) is 1. The van der Waals surface area contributed by atoms with Crippen LogP contribution in [-0.4, -0.2) is 47.1 Å². The molecule has 6 heteroatoms. The number of hydrogen-bond acceptors (Lipinski definition) is 5. The lowest BCUT2D eigenvalue weighted by Gasteiger charge is -2.17. The van der Waals surface area contributed by atoms with E-state index < -0.39 is 5.97 Å². The monoisotopic (exact) mass is 326 g/mol. The van der Waals surface area contributed by atoms with E-state index in [0.29, 0.717) is 12.2 Å².